The molecule has 0 amide bonds. The van der Waals surface area contributed by atoms with Crippen molar-refractivity contribution in [3.63, 3.8) is 0 Å². The molecule has 0 heterocycles. The predicted octanol–water partition coefficient (Wildman–Crippen LogP) is -18.4. The second-order valence-electron chi connectivity index (χ2n) is 18.0. The van der Waals surface area contributed by atoms with Crippen molar-refractivity contribution in [2.24, 2.45) is 0 Å². The Hall–Kier alpha value is -3.26. The summed E-state index contributed by atoms with van der Waals surface area (Å²) >= 11 is 0. The molecule has 1 aliphatic rings. The maximum absolute atomic E-state index is 7.49. The largest absolute Gasteiger partial charge is 0.314 e. The lowest BCUT2D eigenvalue weighted by atomic mass is 9.46. The van der Waals surface area contributed by atoms with Crippen LogP contribution in [0, 0.1) is 0 Å². The summed E-state index contributed by atoms with van der Waals surface area (Å²) in [6.07, 6.45) is 0. The highest BCUT2D eigenvalue weighted by Crippen LogP contribution is 2.52. The van der Waals surface area contributed by atoms with Gasteiger partial charge in [0, 0.05) is 17.1 Å². The molecule has 50 radical (unpaired) electrons. The third-order valence-corrected chi connectivity index (χ3v) is 14.1. The zero-order chi connectivity index (χ0) is 51.4. The van der Waals surface area contributed by atoms with Gasteiger partial charge >= 0.3 is 0 Å². The summed E-state index contributed by atoms with van der Waals surface area (Å²) in [6, 6.07) is 0. The van der Waals surface area contributed by atoms with Crippen molar-refractivity contribution in [2.75, 3.05) is 4.90 Å². The van der Waals surface area contributed by atoms with E-state index in [4.69, 9.17) is 196 Å². The molecule has 0 unspecified atom stereocenters. The van der Waals surface area contributed by atoms with Gasteiger partial charge in [0.2, 0.25) is 0 Å². The number of rotatable bonds is 5. The van der Waals surface area contributed by atoms with Crippen LogP contribution in [0.2, 0.25) is 0 Å². The van der Waals surface area contributed by atoms with Crippen molar-refractivity contribution in [1.82, 2.24) is 0 Å². The molecular formula is C42H12B25N. The van der Waals surface area contributed by atoms with Gasteiger partial charge in [-0.25, -0.2) is 0 Å². The minimum atomic E-state index is -1.02. The smallest absolute Gasteiger partial charge is 0.117 e. The minimum Gasteiger partial charge on any atom is -0.314 e. The van der Waals surface area contributed by atoms with Crippen LogP contribution in [0.25, 0.3) is 33.4 Å². The molecule has 0 atom stereocenters. The van der Waals surface area contributed by atoms with Crippen LogP contribution >= 0.6 is 0 Å². The molecule has 0 saturated carbocycles. The number of hydrogen-bond acceptors (Lipinski definition) is 1. The zero-order valence-corrected chi connectivity index (χ0v) is 37.9. The third-order valence-electron chi connectivity index (χ3n) is 14.1. The van der Waals surface area contributed by atoms with Crippen molar-refractivity contribution in [3.8, 4) is 33.4 Å². The molecule has 0 saturated heterocycles. The molecule has 1 aliphatic carbocycles. The summed E-state index contributed by atoms with van der Waals surface area (Å²) in [5.41, 5.74) is -4.36. The van der Waals surface area contributed by atoms with Crippen LogP contribution < -0.4 is 141 Å². The number of anilines is 3. The number of nitrogens with zero attached hydrogens (tertiary/aromatic N) is 1. The summed E-state index contributed by atoms with van der Waals surface area (Å²) < 4.78 is 0. The first kappa shape index (κ1) is 52.6. The first-order valence-electron chi connectivity index (χ1n) is 20.4. The molecule has 0 aromatic heterocycles. The van der Waals surface area contributed by atoms with Gasteiger partial charge in [-0.1, -0.05) is 121 Å². The van der Waals surface area contributed by atoms with E-state index >= 15 is 0 Å². The molecule has 0 spiro atoms. The van der Waals surface area contributed by atoms with E-state index in [1.54, 1.807) is 0 Å². The van der Waals surface area contributed by atoms with Crippen molar-refractivity contribution in [2.45, 2.75) is 38.5 Å². The van der Waals surface area contributed by atoms with Gasteiger partial charge in [0.05, 0.1) is 0 Å². The van der Waals surface area contributed by atoms with Crippen LogP contribution in [0.15, 0.2) is 0 Å². The summed E-state index contributed by atoms with van der Waals surface area (Å²) in [4.78, 5) is 1.29. The molecular weight excluding hydrogens is 789 g/mol. The Kier molecular flexibility index (Phi) is 13.5. The van der Waals surface area contributed by atoms with Crippen LogP contribution in [-0.4, -0.2) is 196 Å². The average Bonchev–Trinajstić information content (AvgIpc) is 3.28. The Labute approximate surface area is 434 Å². The van der Waals surface area contributed by atoms with Gasteiger partial charge in [-0.3, -0.25) is 0 Å². The Balaban J connectivity index is 1.73. The molecule has 7 rings (SSSR count). The molecule has 6 aromatic carbocycles. The minimum absolute atomic E-state index is 0.0138. The molecule has 0 N–H and O–H groups in total. The zero-order valence-electron chi connectivity index (χ0n) is 37.9. The van der Waals surface area contributed by atoms with Crippen LogP contribution in [0.3, 0.4) is 0 Å². The second kappa shape index (κ2) is 17.5. The molecule has 1 nitrogen and oxygen atoms in total. The first-order chi connectivity index (χ1) is 31.3. The Bertz CT molecular complexity index is 3050. The standard InChI is InChI=1S/C42H12B25N/c1-41(2)11-5(13(43)25(55)30(60)23(11)53)6-12(42(41,3)4)24(54)38(33(63)14(6)44)68(39-34(64)19(49)9(20(50)35(39)65)7-15(45)26(56)31(61)27(57)16(7)46)40-36(66)21(51)10(22(52)37(40)67)8-17(47)28(58)32(62)29(59)18(8)48/h1-4H3. The number of hydrogen-bond donors (Lipinski definition) is 0. The van der Waals surface area contributed by atoms with Gasteiger partial charge in [0.25, 0.3) is 0 Å². The normalized spacial score (nSPS) is 13.5. The highest BCUT2D eigenvalue weighted by molar-refractivity contribution is 6.74. The molecule has 26 heteroatoms. The maximum atomic E-state index is 7.49. The van der Waals surface area contributed by atoms with Crippen LogP contribution in [-0.2, 0) is 10.8 Å². The fraction of sp³-hybridized carbons (Fsp3) is 0.143. The molecule has 260 valence electrons. The highest BCUT2D eigenvalue weighted by Gasteiger charge is 2.49. The lowest BCUT2D eigenvalue weighted by molar-refractivity contribution is 0.303. The summed E-state index contributed by atoms with van der Waals surface area (Å²) in [6.45, 7) is 7.68. The number of fused-ring (bicyclic) bond motifs is 3. The van der Waals surface area contributed by atoms with E-state index in [0.717, 1.165) is 0 Å². The lowest BCUT2D eigenvalue weighted by Gasteiger charge is -2.53. The first-order valence-corrected chi connectivity index (χ1v) is 20.4. The molecule has 68 heavy (non-hydrogen) atoms. The van der Waals surface area contributed by atoms with Crippen LogP contribution in [0.5, 0.6) is 0 Å². The Morgan fingerprint density at radius 3 is 0.618 bits per heavy atom. The quantitative estimate of drug-likeness (QED) is 0.157. The highest BCUT2D eigenvalue weighted by atomic mass is 15.2. The summed E-state index contributed by atoms with van der Waals surface area (Å²) in [5, 5.41) is 0. The molecule has 0 bridgehead atoms. The predicted molar refractivity (Wildman–Crippen MR) is 318 cm³/mol. The molecule has 0 aliphatic heterocycles. The van der Waals surface area contributed by atoms with Gasteiger partial charge in [-0.05, 0) is 55.3 Å². The SMILES string of the molecule is [B]c1c([B])c([B])c(-c2c([B])c([B])c(N(c3c([B])c([B])c(-c4c([B])c([B])c([B])c([B])c4[B])c([B])c3[B])c3c([B])c([B])c4c(c3[B])C(C)(C)C(C)(C)c3c([B])c([B])c([B])c([B])c3-4)c([B])c2[B])c([B])c1[B]. The fourth-order valence-corrected chi connectivity index (χ4v) is 9.53. The molecule has 0 fully saturated rings. The summed E-state index contributed by atoms with van der Waals surface area (Å²) in [5.74, 6) is 0. The van der Waals surface area contributed by atoms with E-state index in [9.17, 15) is 0 Å². The number of benzene rings is 6. The van der Waals surface area contributed by atoms with Crippen molar-refractivity contribution < 1.29 is 0 Å². The Morgan fingerprint density at radius 1 is 0.191 bits per heavy atom. The van der Waals surface area contributed by atoms with E-state index in [1.807, 2.05) is 27.7 Å². The fourth-order valence-electron chi connectivity index (χ4n) is 9.53. The van der Waals surface area contributed by atoms with Gasteiger partial charge < -0.3 is 4.90 Å². The second-order valence-corrected chi connectivity index (χ2v) is 18.0. The van der Waals surface area contributed by atoms with Crippen molar-refractivity contribution in [3.05, 3.63) is 11.1 Å². The van der Waals surface area contributed by atoms with Crippen LogP contribution in [0.1, 0.15) is 38.8 Å². The topological polar surface area (TPSA) is 3.24 Å². The van der Waals surface area contributed by atoms with E-state index in [1.165, 1.54) is 4.90 Å². The average molecular weight is 801 g/mol. The Morgan fingerprint density at radius 2 is 0.353 bits per heavy atom. The third kappa shape index (κ3) is 6.93. The van der Waals surface area contributed by atoms with Gasteiger partial charge in [0.15, 0.2) is 0 Å². The van der Waals surface area contributed by atoms with E-state index in [0.29, 0.717) is 22.3 Å². The lowest BCUT2D eigenvalue weighted by Crippen LogP contribution is -2.60. The summed E-state index contributed by atoms with van der Waals surface area (Å²) in [7, 11) is 168. The maximum Gasteiger partial charge on any atom is 0.117 e. The van der Waals surface area contributed by atoms with E-state index in [-0.39, 0.29) is 176 Å². The van der Waals surface area contributed by atoms with Gasteiger partial charge in [-0.15, -0.1) is 43.7 Å². The van der Waals surface area contributed by atoms with Crippen molar-refractivity contribution >= 4 is 350 Å². The van der Waals surface area contributed by atoms with E-state index in [2.05, 4.69) is 0 Å². The van der Waals surface area contributed by atoms with Gasteiger partial charge in [-0.2, -0.15) is 0 Å². The van der Waals surface area contributed by atoms with Gasteiger partial charge in [0.1, 0.15) is 196 Å². The molecule has 6 aromatic rings. The van der Waals surface area contributed by atoms with E-state index < -0.39 is 10.8 Å². The van der Waals surface area contributed by atoms with Crippen molar-refractivity contribution in [1.29, 1.82) is 0 Å². The van der Waals surface area contributed by atoms with Crippen LogP contribution in [0.4, 0.5) is 17.1 Å². The monoisotopic (exact) mass is 805 g/mol.